The predicted molar refractivity (Wildman–Crippen MR) is 40.1 cm³/mol. The molecule has 0 aliphatic rings. The van der Waals surface area contributed by atoms with Crippen molar-refractivity contribution in [1.29, 1.82) is 0 Å². The summed E-state index contributed by atoms with van der Waals surface area (Å²) in [7, 11) is 0. The highest BCUT2D eigenvalue weighted by molar-refractivity contribution is 5.82. The van der Waals surface area contributed by atoms with Gasteiger partial charge in [0.05, 0.1) is 0 Å². The summed E-state index contributed by atoms with van der Waals surface area (Å²) < 4.78 is 0. The van der Waals surface area contributed by atoms with E-state index in [4.69, 9.17) is 0 Å². The summed E-state index contributed by atoms with van der Waals surface area (Å²) in [4.78, 5) is 46.0. The fourth-order valence-corrected chi connectivity index (χ4v) is 0.232. The average molecular weight is 202 g/mol. The minimum atomic E-state index is -1.52. The maximum Gasteiger partial charge on any atom is 0.592 e. The molecule has 0 aliphatic heterocycles. The van der Waals surface area contributed by atoms with E-state index in [0.29, 0.717) is 0 Å². The van der Waals surface area contributed by atoms with E-state index >= 15 is 0 Å². The van der Waals surface area contributed by atoms with Crippen LogP contribution in [0.2, 0.25) is 0 Å². The molecular weight excluding hydrogens is 196 g/mol. The maximum absolute atomic E-state index is 10.4. The van der Waals surface area contributed by atoms with Crippen molar-refractivity contribution in [3.05, 3.63) is 25.3 Å². The van der Waals surface area contributed by atoms with Crippen LogP contribution in [-0.2, 0) is 29.1 Å². The van der Waals surface area contributed by atoms with Gasteiger partial charge < -0.3 is 0 Å². The number of rotatable bonds is 2. The molecule has 0 spiro atoms. The van der Waals surface area contributed by atoms with Crippen molar-refractivity contribution in [2.45, 2.75) is 0 Å². The summed E-state index contributed by atoms with van der Waals surface area (Å²) in [5, 5.41) is 0. The van der Waals surface area contributed by atoms with Crippen LogP contribution in [0.15, 0.2) is 25.3 Å². The second-order valence-corrected chi connectivity index (χ2v) is 1.63. The SMILES string of the molecule is C=CC(=O)OOC(=O)OOC(=O)C=C. The molecule has 7 nitrogen and oxygen atoms in total. The van der Waals surface area contributed by atoms with Gasteiger partial charge in [-0.25, -0.2) is 29.1 Å². The van der Waals surface area contributed by atoms with Crippen LogP contribution in [0.1, 0.15) is 0 Å². The molecule has 7 heteroatoms. The molecule has 0 bridgehead atoms. The molecule has 0 aromatic heterocycles. The molecule has 0 heterocycles. The van der Waals surface area contributed by atoms with Crippen molar-refractivity contribution >= 4 is 18.1 Å². The number of carbonyl (C=O) groups excluding carboxylic acids is 3. The summed E-state index contributed by atoms with van der Waals surface area (Å²) in [6, 6.07) is 0. The summed E-state index contributed by atoms with van der Waals surface area (Å²) in [5.41, 5.74) is 0. The third-order valence-corrected chi connectivity index (χ3v) is 0.717. The zero-order valence-electron chi connectivity index (χ0n) is 6.93. The lowest BCUT2D eigenvalue weighted by atomic mass is 10.7. The number of hydrogen-bond donors (Lipinski definition) is 0. The second kappa shape index (κ2) is 6.23. The van der Waals surface area contributed by atoms with Gasteiger partial charge in [-0.05, 0) is 0 Å². The minimum absolute atomic E-state index is 0.753. The number of carbonyl (C=O) groups is 3. The Hall–Kier alpha value is -2.31. The molecule has 0 rings (SSSR count). The van der Waals surface area contributed by atoms with Gasteiger partial charge in [-0.1, -0.05) is 13.2 Å². The van der Waals surface area contributed by atoms with Gasteiger partial charge in [0.25, 0.3) is 0 Å². The molecule has 0 N–H and O–H groups in total. The van der Waals surface area contributed by atoms with Crippen molar-refractivity contribution in [1.82, 2.24) is 0 Å². The Balaban J connectivity index is 3.66. The van der Waals surface area contributed by atoms with Gasteiger partial charge in [0.15, 0.2) is 0 Å². The highest BCUT2D eigenvalue weighted by atomic mass is 17.3. The van der Waals surface area contributed by atoms with Crippen LogP contribution in [0.5, 0.6) is 0 Å². The van der Waals surface area contributed by atoms with Crippen molar-refractivity contribution in [3.63, 3.8) is 0 Å². The molecule has 0 fully saturated rings. The fraction of sp³-hybridized carbons (Fsp3) is 0. The van der Waals surface area contributed by atoms with Crippen molar-refractivity contribution in [3.8, 4) is 0 Å². The van der Waals surface area contributed by atoms with E-state index < -0.39 is 18.1 Å². The van der Waals surface area contributed by atoms with Crippen LogP contribution >= 0.6 is 0 Å². The van der Waals surface area contributed by atoms with Gasteiger partial charge in [-0.2, -0.15) is 4.79 Å². The molecule has 0 saturated carbocycles. The Bertz CT molecular complexity index is 241. The smallest absolute Gasteiger partial charge is 0.242 e. The lowest BCUT2D eigenvalue weighted by molar-refractivity contribution is -0.288. The van der Waals surface area contributed by atoms with E-state index in [9.17, 15) is 14.4 Å². The minimum Gasteiger partial charge on any atom is -0.242 e. The van der Waals surface area contributed by atoms with Crippen LogP contribution in [0.4, 0.5) is 4.79 Å². The Labute approximate surface area is 78.3 Å². The Morgan fingerprint density at radius 2 is 1.14 bits per heavy atom. The molecule has 0 radical (unpaired) electrons. The fourth-order valence-electron chi connectivity index (χ4n) is 0.232. The summed E-state index contributed by atoms with van der Waals surface area (Å²) in [6.45, 7) is 6.04. The van der Waals surface area contributed by atoms with E-state index in [0.717, 1.165) is 12.2 Å². The third kappa shape index (κ3) is 5.35. The Morgan fingerprint density at radius 3 is 1.43 bits per heavy atom. The lowest BCUT2D eigenvalue weighted by Crippen LogP contribution is -2.13. The highest BCUT2D eigenvalue weighted by Gasteiger charge is 2.11. The predicted octanol–water partition coefficient (Wildman–Crippen LogP) is 0.428. The molecule has 0 aromatic rings. The van der Waals surface area contributed by atoms with E-state index in [1.54, 1.807) is 0 Å². The van der Waals surface area contributed by atoms with Gasteiger partial charge in [0, 0.05) is 12.2 Å². The average Bonchev–Trinajstić information content (AvgIpc) is 2.22. The quantitative estimate of drug-likeness (QED) is 0.364. The summed E-state index contributed by atoms with van der Waals surface area (Å²) in [5.74, 6) is -2.01. The molecule has 0 aliphatic carbocycles. The van der Waals surface area contributed by atoms with Crippen molar-refractivity contribution in [2.24, 2.45) is 0 Å². The van der Waals surface area contributed by atoms with Gasteiger partial charge >= 0.3 is 18.1 Å². The summed E-state index contributed by atoms with van der Waals surface area (Å²) >= 11 is 0. The van der Waals surface area contributed by atoms with E-state index in [2.05, 4.69) is 32.7 Å². The normalized spacial score (nSPS) is 8.00. The largest absolute Gasteiger partial charge is 0.592 e. The van der Waals surface area contributed by atoms with E-state index in [-0.39, 0.29) is 0 Å². The second-order valence-electron chi connectivity index (χ2n) is 1.63. The van der Waals surface area contributed by atoms with Crippen LogP contribution in [0.25, 0.3) is 0 Å². The standard InChI is InChI=1S/C7H6O7/c1-3-5(8)11-13-7(10)14-12-6(9)4-2/h3-4H,1-2H2. The van der Waals surface area contributed by atoms with E-state index in [1.165, 1.54) is 0 Å². The first-order chi connectivity index (χ1) is 6.60. The van der Waals surface area contributed by atoms with Crippen molar-refractivity contribution in [2.75, 3.05) is 0 Å². The topological polar surface area (TPSA) is 88.1 Å². The van der Waals surface area contributed by atoms with Crippen molar-refractivity contribution < 1.29 is 33.9 Å². The van der Waals surface area contributed by atoms with Crippen LogP contribution in [0, 0.1) is 0 Å². The maximum atomic E-state index is 10.4. The first kappa shape index (κ1) is 11.7. The molecule has 14 heavy (non-hydrogen) atoms. The molecule has 0 unspecified atom stereocenters. The third-order valence-electron chi connectivity index (χ3n) is 0.717. The number of hydrogen-bond acceptors (Lipinski definition) is 7. The zero-order valence-corrected chi connectivity index (χ0v) is 6.93. The Kier molecular flexibility index (Phi) is 5.20. The molecular formula is C7H6O7. The lowest BCUT2D eigenvalue weighted by Gasteiger charge is -1.99. The van der Waals surface area contributed by atoms with Gasteiger partial charge in [0.2, 0.25) is 0 Å². The molecule has 0 atom stereocenters. The van der Waals surface area contributed by atoms with Crippen LogP contribution in [-0.4, -0.2) is 18.1 Å². The van der Waals surface area contributed by atoms with Gasteiger partial charge in [-0.15, -0.1) is 0 Å². The molecule has 0 amide bonds. The van der Waals surface area contributed by atoms with Gasteiger partial charge in [-0.3, -0.25) is 0 Å². The highest BCUT2D eigenvalue weighted by Crippen LogP contribution is 1.90. The Morgan fingerprint density at radius 1 is 0.786 bits per heavy atom. The van der Waals surface area contributed by atoms with Gasteiger partial charge in [0.1, 0.15) is 0 Å². The van der Waals surface area contributed by atoms with E-state index in [1.807, 2.05) is 0 Å². The molecule has 0 saturated heterocycles. The molecule has 0 aromatic carbocycles. The first-order valence-electron chi connectivity index (χ1n) is 3.16. The first-order valence-corrected chi connectivity index (χ1v) is 3.16. The molecule has 76 valence electrons. The zero-order chi connectivity index (χ0) is 11.0. The van der Waals surface area contributed by atoms with Crippen LogP contribution < -0.4 is 0 Å². The van der Waals surface area contributed by atoms with Crippen LogP contribution in [0.3, 0.4) is 0 Å². The summed E-state index contributed by atoms with van der Waals surface area (Å²) in [6.07, 6.45) is -0.0121. The monoisotopic (exact) mass is 202 g/mol.